The zero-order chi connectivity index (χ0) is 17.6. The van der Waals surface area contributed by atoms with E-state index in [2.05, 4.69) is 77.1 Å². The van der Waals surface area contributed by atoms with Crippen LogP contribution in [0, 0.1) is 0 Å². The van der Waals surface area contributed by atoms with Crippen LogP contribution in [-0.2, 0) is 13.1 Å². The van der Waals surface area contributed by atoms with Crippen molar-refractivity contribution in [1.82, 2.24) is 15.8 Å². The van der Waals surface area contributed by atoms with Gasteiger partial charge in [0.1, 0.15) is 0 Å². The molecule has 0 aliphatic carbocycles. The van der Waals surface area contributed by atoms with Crippen molar-refractivity contribution in [2.24, 2.45) is 4.99 Å². The Kier molecular flexibility index (Phi) is 7.44. The van der Waals surface area contributed by atoms with Gasteiger partial charge in [0, 0.05) is 19.7 Å². The van der Waals surface area contributed by atoms with Gasteiger partial charge >= 0.3 is 0 Å². The molecular weight excluding hydrogens is 439 g/mol. The van der Waals surface area contributed by atoms with E-state index in [0.29, 0.717) is 19.0 Å². The topological polar surface area (TPSA) is 62.5 Å². The molecule has 1 aromatic heterocycles. The lowest BCUT2D eigenvalue weighted by Crippen LogP contribution is -2.36. The molecule has 3 rings (SSSR count). The third kappa shape index (κ3) is 4.97. The summed E-state index contributed by atoms with van der Waals surface area (Å²) in [5, 5.41) is 13.2. The van der Waals surface area contributed by atoms with Crippen LogP contribution >= 0.6 is 24.0 Å². The fourth-order valence-corrected chi connectivity index (χ4v) is 2.70. The molecule has 5 nitrogen and oxygen atoms in total. The molecule has 0 aliphatic heterocycles. The van der Waals surface area contributed by atoms with Crippen LogP contribution in [0.25, 0.3) is 10.8 Å². The van der Waals surface area contributed by atoms with Gasteiger partial charge in [-0.2, -0.15) is 0 Å². The smallest absolute Gasteiger partial charge is 0.191 e. The molecule has 0 aliphatic rings. The van der Waals surface area contributed by atoms with Crippen molar-refractivity contribution in [2.75, 3.05) is 7.05 Å². The van der Waals surface area contributed by atoms with Gasteiger partial charge in [-0.15, -0.1) is 24.0 Å². The van der Waals surface area contributed by atoms with Crippen molar-refractivity contribution < 1.29 is 4.52 Å². The summed E-state index contributed by atoms with van der Waals surface area (Å²) in [5.41, 5.74) is 2.21. The molecule has 0 saturated carbocycles. The van der Waals surface area contributed by atoms with Crippen LogP contribution in [-0.4, -0.2) is 18.2 Å². The normalized spacial score (nSPS) is 11.5. The Bertz CT molecular complexity index is 868. The van der Waals surface area contributed by atoms with E-state index in [1.54, 1.807) is 7.05 Å². The van der Waals surface area contributed by atoms with Gasteiger partial charge in [0.15, 0.2) is 11.7 Å². The fraction of sp³-hybridized carbons (Fsp3) is 0.300. The monoisotopic (exact) mass is 464 g/mol. The highest BCUT2D eigenvalue weighted by molar-refractivity contribution is 14.0. The van der Waals surface area contributed by atoms with Gasteiger partial charge in [0.25, 0.3) is 0 Å². The fourth-order valence-electron chi connectivity index (χ4n) is 2.70. The lowest BCUT2D eigenvalue weighted by Gasteiger charge is -2.12. The number of nitrogens with one attached hydrogen (secondary N) is 2. The molecule has 2 aromatic carbocycles. The first kappa shape index (κ1) is 20.2. The highest BCUT2D eigenvalue weighted by Gasteiger charge is 2.08. The Morgan fingerprint density at radius 1 is 1.08 bits per heavy atom. The minimum Gasteiger partial charge on any atom is -0.359 e. The van der Waals surface area contributed by atoms with Gasteiger partial charge in [-0.05, 0) is 22.3 Å². The number of aliphatic imine (C=N–C) groups is 1. The van der Waals surface area contributed by atoms with Crippen LogP contribution in [0.1, 0.15) is 36.8 Å². The molecule has 0 fully saturated rings. The first-order chi connectivity index (χ1) is 12.2. The number of hydrogen-bond acceptors (Lipinski definition) is 3. The Labute approximate surface area is 171 Å². The van der Waals surface area contributed by atoms with Gasteiger partial charge < -0.3 is 15.2 Å². The summed E-state index contributed by atoms with van der Waals surface area (Å²) in [5.74, 6) is 1.90. The van der Waals surface area contributed by atoms with E-state index in [1.165, 1.54) is 16.3 Å². The molecule has 138 valence electrons. The SMILES string of the molecule is CN=C(NCc1cc(C(C)C)no1)NCc1cccc2ccccc12.I. The Balaban J connectivity index is 0.00000243. The van der Waals surface area contributed by atoms with E-state index in [1.807, 2.05) is 6.07 Å². The van der Waals surface area contributed by atoms with E-state index < -0.39 is 0 Å². The molecule has 0 bridgehead atoms. The van der Waals surface area contributed by atoms with E-state index in [-0.39, 0.29) is 24.0 Å². The number of rotatable bonds is 5. The van der Waals surface area contributed by atoms with Gasteiger partial charge in [-0.3, -0.25) is 4.99 Å². The first-order valence-electron chi connectivity index (χ1n) is 8.54. The number of nitrogens with zero attached hydrogens (tertiary/aromatic N) is 2. The molecule has 2 N–H and O–H groups in total. The average Bonchev–Trinajstić information content (AvgIpc) is 3.11. The summed E-state index contributed by atoms with van der Waals surface area (Å²) in [6, 6.07) is 16.7. The summed E-state index contributed by atoms with van der Waals surface area (Å²) in [7, 11) is 1.76. The lowest BCUT2D eigenvalue weighted by molar-refractivity contribution is 0.372. The molecule has 0 unspecified atom stereocenters. The number of guanidine groups is 1. The zero-order valence-electron chi connectivity index (χ0n) is 15.3. The predicted octanol–water partition coefficient (Wildman–Crippen LogP) is 4.43. The molecule has 0 atom stereocenters. The van der Waals surface area contributed by atoms with Crippen molar-refractivity contribution in [3.05, 3.63) is 65.5 Å². The lowest BCUT2D eigenvalue weighted by atomic mass is 10.0. The first-order valence-corrected chi connectivity index (χ1v) is 8.54. The third-order valence-electron chi connectivity index (χ3n) is 4.15. The number of hydrogen-bond donors (Lipinski definition) is 2. The highest BCUT2D eigenvalue weighted by Crippen LogP contribution is 2.18. The number of benzene rings is 2. The largest absolute Gasteiger partial charge is 0.359 e. The van der Waals surface area contributed by atoms with E-state index in [9.17, 15) is 0 Å². The van der Waals surface area contributed by atoms with Gasteiger partial charge in [-0.1, -0.05) is 61.5 Å². The van der Waals surface area contributed by atoms with Crippen molar-refractivity contribution in [3.8, 4) is 0 Å². The maximum Gasteiger partial charge on any atom is 0.191 e. The number of halogens is 1. The second kappa shape index (κ2) is 9.56. The maximum atomic E-state index is 5.35. The van der Waals surface area contributed by atoms with Crippen molar-refractivity contribution in [1.29, 1.82) is 0 Å². The van der Waals surface area contributed by atoms with Crippen LogP contribution < -0.4 is 10.6 Å². The van der Waals surface area contributed by atoms with Gasteiger partial charge in [-0.25, -0.2) is 0 Å². The maximum absolute atomic E-state index is 5.35. The molecule has 1 heterocycles. The van der Waals surface area contributed by atoms with Crippen molar-refractivity contribution in [2.45, 2.75) is 32.9 Å². The van der Waals surface area contributed by atoms with Crippen molar-refractivity contribution in [3.63, 3.8) is 0 Å². The van der Waals surface area contributed by atoms with Crippen LogP contribution in [0.15, 0.2) is 58.0 Å². The molecule has 6 heteroatoms. The molecule has 0 radical (unpaired) electrons. The summed E-state index contributed by atoms with van der Waals surface area (Å²) < 4.78 is 5.35. The second-order valence-electron chi connectivity index (χ2n) is 6.29. The van der Waals surface area contributed by atoms with Crippen molar-refractivity contribution >= 4 is 40.7 Å². The molecule has 0 amide bonds. The predicted molar refractivity (Wildman–Crippen MR) is 117 cm³/mol. The summed E-state index contributed by atoms with van der Waals surface area (Å²) in [6.45, 7) is 5.45. The Morgan fingerprint density at radius 2 is 1.81 bits per heavy atom. The van der Waals surface area contributed by atoms with Crippen LogP contribution in [0.5, 0.6) is 0 Å². The van der Waals surface area contributed by atoms with E-state index in [4.69, 9.17) is 4.52 Å². The summed E-state index contributed by atoms with van der Waals surface area (Å²) >= 11 is 0. The van der Waals surface area contributed by atoms with Crippen LogP contribution in [0.3, 0.4) is 0 Å². The molecule has 3 aromatic rings. The van der Waals surface area contributed by atoms with Gasteiger partial charge in [0.2, 0.25) is 0 Å². The number of fused-ring (bicyclic) bond motifs is 1. The van der Waals surface area contributed by atoms with E-state index >= 15 is 0 Å². The molecular formula is C20H25IN4O. The zero-order valence-corrected chi connectivity index (χ0v) is 17.7. The van der Waals surface area contributed by atoms with Gasteiger partial charge in [0.05, 0.1) is 12.2 Å². The Morgan fingerprint density at radius 3 is 2.54 bits per heavy atom. The molecule has 0 saturated heterocycles. The minimum atomic E-state index is 0. The number of aromatic nitrogens is 1. The summed E-state index contributed by atoms with van der Waals surface area (Å²) in [4.78, 5) is 4.27. The standard InChI is InChI=1S/C20H24N4O.HI/c1-14(2)19-11-17(25-24-19)13-23-20(21-3)22-12-16-9-6-8-15-7-4-5-10-18(15)16;/h4-11,14H,12-13H2,1-3H3,(H2,21,22,23);1H. The van der Waals surface area contributed by atoms with E-state index in [0.717, 1.165) is 17.4 Å². The van der Waals surface area contributed by atoms with Crippen LogP contribution in [0.4, 0.5) is 0 Å². The molecule has 26 heavy (non-hydrogen) atoms. The molecule has 0 spiro atoms. The minimum absolute atomic E-state index is 0. The highest BCUT2D eigenvalue weighted by atomic mass is 127. The second-order valence-corrected chi connectivity index (χ2v) is 6.29. The quantitative estimate of drug-likeness (QED) is 0.333. The Hall–Kier alpha value is -2.09. The third-order valence-corrected chi connectivity index (χ3v) is 4.15. The summed E-state index contributed by atoms with van der Waals surface area (Å²) in [6.07, 6.45) is 0. The van der Waals surface area contributed by atoms with Crippen LogP contribution in [0.2, 0.25) is 0 Å². The average molecular weight is 464 g/mol.